The molecule has 0 spiro atoms. The number of hydrogen-bond acceptors (Lipinski definition) is 6. The third-order valence-corrected chi connectivity index (χ3v) is 6.11. The molecule has 1 amide bonds. The number of benzene rings is 1. The minimum Gasteiger partial charge on any atom is -0.497 e. The summed E-state index contributed by atoms with van der Waals surface area (Å²) >= 11 is 6.25. The molecule has 4 rings (SSSR count). The van der Waals surface area contributed by atoms with Crippen molar-refractivity contribution in [2.75, 3.05) is 38.2 Å². The summed E-state index contributed by atoms with van der Waals surface area (Å²) in [5.74, 6) is 2.75. The summed E-state index contributed by atoms with van der Waals surface area (Å²) in [5, 5.41) is 3.06. The van der Waals surface area contributed by atoms with Gasteiger partial charge < -0.3 is 19.7 Å². The van der Waals surface area contributed by atoms with E-state index in [-0.39, 0.29) is 0 Å². The molecule has 1 aromatic heterocycles. The molecule has 8 heteroatoms. The molecule has 2 heterocycles. The van der Waals surface area contributed by atoms with Crippen molar-refractivity contribution in [1.82, 2.24) is 15.2 Å². The van der Waals surface area contributed by atoms with Crippen LogP contribution in [0.15, 0.2) is 36.5 Å². The summed E-state index contributed by atoms with van der Waals surface area (Å²) in [6.45, 7) is 6.68. The Labute approximate surface area is 188 Å². The summed E-state index contributed by atoms with van der Waals surface area (Å²) < 4.78 is 10.6. The number of halogens is 1. The van der Waals surface area contributed by atoms with E-state index in [4.69, 9.17) is 21.1 Å². The second-order valence-electron chi connectivity index (χ2n) is 8.31. The van der Waals surface area contributed by atoms with Crippen LogP contribution >= 0.6 is 11.6 Å². The predicted molar refractivity (Wildman–Crippen MR) is 121 cm³/mol. The summed E-state index contributed by atoms with van der Waals surface area (Å²) in [4.78, 5) is 21.6. The SMILES string of the molecule is COc1ccc(CNC(=O)Oc2cc(N3CCN(CC4CC4)C[C@@H]3C)ncc2Cl)cc1. The van der Waals surface area contributed by atoms with Crippen LogP contribution in [0.2, 0.25) is 5.02 Å². The van der Waals surface area contributed by atoms with Crippen molar-refractivity contribution in [2.24, 2.45) is 5.92 Å². The Hall–Kier alpha value is -2.51. The fourth-order valence-corrected chi connectivity index (χ4v) is 4.05. The number of ether oxygens (including phenoxy) is 2. The molecule has 2 aromatic rings. The summed E-state index contributed by atoms with van der Waals surface area (Å²) in [7, 11) is 1.62. The molecule has 0 bridgehead atoms. The first-order valence-electron chi connectivity index (χ1n) is 10.7. The van der Waals surface area contributed by atoms with Crippen LogP contribution < -0.4 is 19.7 Å². The first kappa shape index (κ1) is 21.7. The number of pyridine rings is 1. The number of amides is 1. The predicted octanol–water partition coefficient (Wildman–Crippen LogP) is 3.95. The van der Waals surface area contributed by atoms with Crippen molar-refractivity contribution >= 4 is 23.5 Å². The van der Waals surface area contributed by atoms with Crippen molar-refractivity contribution in [3.8, 4) is 11.5 Å². The van der Waals surface area contributed by atoms with E-state index < -0.39 is 6.09 Å². The number of methoxy groups -OCH3 is 1. The van der Waals surface area contributed by atoms with Gasteiger partial charge in [-0.1, -0.05) is 23.7 Å². The average molecular weight is 445 g/mol. The van der Waals surface area contributed by atoms with Gasteiger partial charge in [-0.25, -0.2) is 9.78 Å². The third kappa shape index (κ3) is 5.80. The molecule has 7 nitrogen and oxygen atoms in total. The Morgan fingerprint density at radius 1 is 1.26 bits per heavy atom. The Morgan fingerprint density at radius 2 is 2.03 bits per heavy atom. The van der Waals surface area contributed by atoms with Crippen LogP contribution in [-0.2, 0) is 6.54 Å². The molecule has 1 saturated heterocycles. The molecule has 2 aliphatic rings. The van der Waals surface area contributed by atoms with E-state index >= 15 is 0 Å². The highest BCUT2D eigenvalue weighted by Gasteiger charge is 2.30. The number of piperazine rings is 1. The van der Waals surface area contributed by atoms with Gasteiger partial charge in [-0.2, -0.15) is 0 Å². The van der Waals surface area contributed by atoms with Gasteiger partial charge in [0.25, 0.3) is 0 Å². The van der Waals surface area contributed by atoms with Gasteiger partial charge in [-0.15, -0.1) is 0 Å². The van der Waals surface area contributed by atoms with Gasteiger partial charge in [0.2, 0.25) is 0 Å². The topological polar surface area (TPSA) is 66.9 Å². The lowest BCUT2D eigenvalue weighted by molar-refractivity contribution is 0.200. The first-order valence-corrected chi connectivity index (χ1v) is 11.1. The highest BCUT2D eigenvalue weighted by atomic mass is 35.5. The maximum Gasteiger partial charge on any atom is 0.412 e. The lowest BCUT2D eigenvalue weighted by Crippen LogP contribution is -2.52. The quantitative estimate of drug-likeness (QED) is 0.697. The van der Waals surface area contributed by atoms with Gasteiger partial charge in [0.1, 0.15) is 16.6 Å². The van der Waals surface area contributed by atoms with Gasteiger partial charge in [0.15, 0.2) is 5.75 Å². The maximum atomic E-state index is 12.3. The Morgan fingerprint density at radius 3 is 2.71 bits per heavy atom. The van der Waals surface area contributed by atoms with Crippen LogP contribution in [0.25, 0.3) is 0 Å². The fraction of sp³-hybridized carbons (Fsp3) is 0.478. The highest BCUT2D eigenvalue weighted by molar-refractivity contribution is 6.32. The van der Waals surface area contributed by atoms with E-state index in [0.717, 1.165) is 42.7 Å². The van der Waals surface area contributed by atoms with Crippen molar-refractivity contribution < 1.29 is 14.3 Å². The summed E-state index contributed by atoms with van der Waals surface area (Å²) in [6.07, 6.45) is 3.73. The monoisotopic (exact) mass is 444 g/mol. The number of nitrogens with one attached hydrogen (secondary N) is 1. The molecule has 1 N–H and O–H groups in total. The molecule has 166 valence electrons. The molecular formula is C23H29ClN4O3. The van der Waals surface area contributed by atoms with Crippen molar-refractivity contribution in [1.29, 1.82) is 0 Å². The van der Waals surface area contributed by atoms with Gasteiger partial charge in [0, 0.05) is 44.8 Å². The van der Waals surface area contributed by atoms with E-state index in [9.17, 15) is 4.79 Å². The molecular weight excluding hydrogens is 416 g/mol. The number of rotatable bonds is 7. The van der Waals surface area contributed by atoms with E-state index in [1.54, 1.807) is 19.4 Å². The Bertz CT molecular complexity index is 904. The second kappa shape index (κ2) is 9.75. The Balaban J connectivity index is 1.34. The molecule has 1 aliphatic carbocycles. The van der Waals surface area contributed by atoms with Gasteiger partial charge in [-0.3, -0.25) is 4.90 Å². The van der Waals surface area contributed by atoms with Gasteiger partial charge in [0.05, 0.1) is 13.3 Å². The zero-order valence-corrected chi connectivity index (χ0v) is 18.8. The van der Waals surface area contributed by atoms with Crippen molar-refractivity contribution in [3.63, 3.8) is 0 Å². The maximum absolute atomic E-state index is 12.3. The Kier molecular flexibility index (Phi) is 6.83. The normalized spacial score (nSPS) is 19.2. The average Bonchev–Trinajstić information content (AvgIpc) is 3.58. The number of aromatic nitrogens is 1. The molecule has 1 aliphatic heterocycles. The van der Waals surface area contributed by atoms with E-state index in [2.05, 4.69) is 27.0 Å². The fourth-order valence-electron chi connectivity index (χ4n) is 3.90. The van der Waals surface area contributed by atoms with Gasteiger partial charge >= 0.3 is 6.09 Å². The zero-order chi connectivity index (χ0) is 21.8. The zero-order valence-electron chi connectivity index (χ0n) is 18.0. The van der Waals surface area contributed by atoms with E-state index in [0.29, 0.717) is 23.4 Å². The lowest BCUT2D eigenvalue weighted by Gasteiger charge is -2.40. The van der Waals surface area contributed by atoms with Crippen LogP contribution in [0, 0.1) is 5.92 Å². The number of carbonyl (C=O) groups excluding carboxylic acids is 1. The van der Waals surface area contributed by atoms with E-state index in [1.807, 2.05) is 24.3 Å². The number of carbonyl (C=O) groups is 1. The van der Waals surface area contributed by atoms with Crippen LogP contribution in [-0.4, -0.2) is 55.3 Å². The van der Waals surface area contributed by atoms with Crippen LogP contribution in [0.3, 0.4) is 0 Å². The molecule has 0 radical (unpaired) electrons. The smallest absolute Gasteiger partial charge is 0.412 e. The van der Waals surface area contributed by atoms with E-state index in [1.165, 1.54) is 19.4 Å². The summed E-state index contributed by atoms with van der Waals surface area (Å²) in [6, 6.07) is 9.56. The minimum atomic E-state index is -0.558. The molecule has 2 fully saturated rings. The minimum absolute atomic E-state index is 0.309. The van der Waals surface area contributed by atoms with Crippen LogP contribution in [0.4, 0.5) is 10.6 Å². The lowest BCUT2D eigenvalue weighted by atomic mass is 10.1. The first-order chi connectivity index (χ1) is 15.0. The molecule has 1 saturated carbocycles. The highest BCUT2D eigenvalue weighted by Crippen LogP contribution is 2.32. The van der Waals surface area contributed by atoms with Crippen LogP contribution in [0.5, 0.6) is 11.5 Å². The van der Waals surface area contributed by atoms with Crippen LogP contribution in [0.1, 0.15) is 25.3 Å². The summed E-state index contributed by atoms with van der Waals surface area (Å²) in [5.41, 5.74) is 0.942. The largest absolute Gasteiger partial charge is 0.497 e. The van der Waals surface area contributed by atoms with Crippen molar-refractivity contribution in [2.45, 2.75) is 32.4 Å². The van der Waals surface area contributed by atoms with Crippen molar-refractivity contribution in [3.05, 3.63) is 47.1 Å². The van der Waals surface area contributed by atoms with Gasteiger partial charge in [-0.05, 0) is 43.4 Å². The standard InChI is InChI=1S/C23H29ClN4O3/c1-16-14-27(15-18-3-4-18)9-10-28(16)22-11-21(20(24)13-25-22)31-23(29)26-12-17-5-7-19(30-2)8-6-17/h5-8,11,13,16,18H,3-4,9-10,12,14-15H2,1-2H3,(H,26,29)/t16-/m0/s1. The number of hydrogen-bond donors (Lipinski definition) is 1. The molecule has 0 unspecified atom stereocenters. The molecule has 1 aromatic carbocycles. The second-order valence-corrected chi connectivity index (χ2v) is 8.72. The molecule has 31 heavy (non-hydrogen) atoms. The third-order valence-electron chi connectivity index (χ3n) is 5.82. The number of nitrogens with zero attached hydrogens (tertiary/aromatic N) is 3. The molecule has 1 atom stereocenters. The number of anilines is 1.